The van der Waals surface area contributed by atoms with Gasteiger partial charge in [0.1, 0.15) is 17.8 Å². The Labute approximate surface area is 129 Å². The summed E-state index contributed by atoms with van der Waals surface area (Å²) in [4.78, 5) is 26.1. The van der Waals surface area contributed by atoms with Gasteiger partial charge in [-0.25, -0.2) is 9.97 Å². The highest BCUT2D eigenvalue weighted by molar-refractivity contribution is 5.91. The van der Waals surface area contributed by atoms with Crippen LogP contribution in [0.1, 0.15) is 32.3 Å². The standard InChI is InChI=1S/C16H22N4O2/c1-3-11-9-17-14-13(11)15(19-10-18-14)20-7-5-12(6-8-20)16(21)22-4-2/h9-10,12H,3-8H2,1-2H3,(H,17,18,19). The predicted octanol–water partition coefficient (Wildman–Crippen LogP) is 2.30. The Balaban J connectivity index is 1.79. The van der Waals surface area contributed by atoms with Gasteiger partial charge in [0.05, 0.1) is 17.9 Å². The Hall–Kier alpha value is -2.11. The van der Waals surface area contributed by atoms with Crippen molar-refractivity contribution in [2.75, 3.05) is 24.6 Å². The Kier molecular flexibility index (Phi) is 4.27. The molecule has 1 aliphatic rings. The van der Waals surface area contributed by atoms with Crippen LogP contribution in [0.4, 0.5) is 5.82 Å². The van der Waals surface area contributed by atoms with E-state index < -0.39 is 0 Å². The van der Waals surface area contributed by atoms with E-state index in [9.17, 15) is 4.79 Å². The first-order valence-corrected chi connectivity index (χ1v) is 7.97. The highest BCUT2D eigenvalue weighted by atomic mass is 16.5. The van der Waals surface area contributed by atoms with Crippen LogP contribution in [0.3, 0.4) is 0 Å². The number of ether oxygens (including phenoxy) is 1. The molecule has 0 amide bonds. The molecule has 118 valence electrons. The number of fused-ring (bicyclic) bond motifs is 1. The van der Waals surface area contributed by atoms with Gasteiger partial charge < -0.3 is 14.6 Å². The molecule has 2 aromatic heterocycles. The molecule has 3 rings (SSSR count). The summed E-state index contributed by atoms with van der Waals surface area (Å²) in [5.74, 6) is 0.932. The SMILES string of the molecule is CCOC(=O)C1CCN(c2ncnc3[nH]cc(CC)c23)CC1. The molecule has 22 heavy (non-hydrogen) atoms. The number of hydrogen-bond acceptors (Lipinski definition) is 5. The molecule has 3 heterocycles. The Morgan fingerprint density at radius 2 is 2.14 bits per heavy atom. The normalized spacial score (nSPS) is 16.2. The molecule has 1 aliphatic heterocycles. The zero-order valence-corrected chi connectivity index (χ0v) is 13.1. The first-order valence-electron chi connectivity index (χ1n) is 7.97. The van der Waals surface area contributed by atoms with Gasteiger partial charge in [0.15, 0.2) is 0 Å². The van der Waals surface area contributed by atoms with E-state index in [4.69, 9.17) is 4.74 Å². The molecule has 2 aromatic rings. The number of aryl methyl sites for hydroxylation is 1. The number of carbonyl (C=O) groups excluding carboxylic acids is 1. The van der Waals surface area contributed by atoms with Crippen molar-refractivity contribution < 1.29 is 9.53 Å². The Morgan fingerprint density at radius 1 is 1.36 bits per heavy atom. The molecule has 1 N–H and O–H groups in total. The van der Waals surface area contributed by atoms with Crippen molar-refractivity contribution in [2.24, 2.45) is 5.92 Å². The van der Waals surface area contributed by atoms with E-state index in [0.717, 1.165) is 49.2 Å². The lowest BCUT2D eigenvalue weighted by atomic mass is 9.97. The molecule has 0 unspecified atom stereocenters. The van der Waals surface area contributed by atoms with Gasteiger partial charge in [-0.15, -0.1) is 0 Å². The quantitative estimate of drug-likeness (QED) is 0.877. The molecule has 1 saturated heterocycles. The number of aromatic nitrogens is 3. The molecule has 0 atom stereocenters. The van der Waals surface area contributed by atoms with Crippen LogP contribution in [-0.4, -0.2) is 40.6 Å². The maximum atomic E-state index is 11.8. The van der Waals surface area contributed by atoms with E-state index in [-0.39, 0.29) is 11.9 Å². The second-order valence-electron chi connectivity index (χ2n) is 5.60. The van der Waals surface area contributed by atoms with E-state index in [1.165, 1.54) is 5.56 Å². The number of anilines is 1. The number of H-pyrrole nitrogens is 1. The number of piperidine rings is 1. The fourth-order valence-corrected chi connectivity index (χ4v) is 3.11. The van der Waals surface area contributed by atoms with Gasteiger partial charge >= 0.3 is 5.97 Å². The summed E-state index contributed by atoms with van der Waals surface area (Å²) in [6, 6.07) is 0. The molecule has 6 heteroatoms. The van der Waals surface area contributed by atoms with Crippen LogP contribution in [0.5, 0.6) is 0 Å². The van der Waals surface area contributed by atoms with Gasteiger partial charge in [0.25, 0.3) is 0 Å². The van der Waals surface area contributed by atoms with Crippen LogP contribution in [-0.2, 0) is 16.0 Å². The molecule has 6 nitrogen and oxygen atoms in total. The smallest absolute Gasteiger partial charge is 0.309 e. The topological polar surface area (TPSA) is 71.1 Å². The maximum absolute atomic E-state index is 11.8. The van der Waals surface area contributed by atoms with E-state index in [0.29, 0.717) is 6.61 Å². The first-order chi connectivity index (χ1) is 10.7. The minimum absolute atomic E-state index is 0.0189. The molecule has 0 aliphatic carbocycles. The van der Waals surface area contributed by atoms with Crippen LogP contribution in [0, 0.1) is 5.92 Å². The van der Waals surface area contributed by atoms with Crippen LogP contribution < -0.4 is 4.90 Å². The molecule has 0 radical (unpaired) electrons. The van der Waals surface area contributed by atoms with E-state index in [2.05, 4.69) is 26.8 Å². The van der Waals surface area contributed by atoms with Gasteiger partial charge in [-0.05, 0) is 31.7 Å². The molecule has 0 aromatic carbocycles. The van der Waals surface area contributed by atoms with Gasteiger partial charge in [-0.2, -0.15) is 0 Å². The Morgan fingerprint density at radius 3 is 2.82 bits per heavy atom. The maximum Gasteiger partial charge on any atom is 0.309 e. The zero-order chi connectivity index (χ0) is 15.5. The average Bonchev–Trinajstić information content (AvgIpc) is 2.98. The molecular formula is C16H22N4O2. The van der Waals surface area contributed by atoms with Crippen LogP contribution >= 0.6 is 0 Å². The minimum Gasteiger partial charge on any atom is -0.466 e. The summed E-state index contributed by atoms with van der Waals surface area (Å²) in [5.41, 5.74) is 2.12. The van der Waals surface area contributed by atoms with Crippen molar-refractivity contribution in [3.8, 4) is 0 Å². The van der Waals surface area contributed by atoms with E-state index >= 15 is 0 Å². The second-order valence-corrected chi connectivity index (χ2v) is 5.60. The van der Waals surface area contributed by atoms with Crippen molar-refractivity contribution in [2.45, 2.75) is 33.1 Å². The molecule has 1 fully saturated rings. The number of nitrogens with one attached hydrogen (secondary N) is 1. The molecule has 0 spiro atoms. The predicted molar refractivity (Wildman–Crippen MR) is 84.8 cm³/mol. The lowest BCUT2D eigenvalue weighted by Gasteiger charge is -2.32. The van der Waals surface area contributed by atoms with Gasteiger partial charge in [0, 0.05) is 19.3 Å². The van der Waals surface area contributed by atoms with Crippen molar-refractivity contribution in [3.63, 3.8) is 0 Å². The van der Waals surface area contributed by atoms with Crippen LogP contribution in [0.15, 0.2) is 12.5 Å². The lowest BCUT2D eigenvalue weighted by Crippen LogP contribution is -2.37. The molecular weight excluding hydrogens is 280 g/mol. The lowest BCUT2D eigenvalue weighted by molar-refractivity contribution is -0.148. The minimum atomic E-state index is -0.0640. The highest BCUT2D eigenvalue weighted by Crippen LogP contribution is 2.30. The van der Waals surface area contributed by atoms with Crippen molar-refractivity contribution in [1.82, 2.24) is 15.0 Å². The second kappa shape index (κ2) is 6.34. The summed E-state index contributed by atoms with van der Waals surface area (Å²) >= 11 is 0. The fourth-order valence-electron chi connectivity index (χ4n) is 3.11. The third kappa shape index (κ3) is 2.65. The van der Waals surface area contributed by atoms with Crippen LogP contribution in [0.25, 0.3) is 11.0 Å². The summed E-state index contributed by atoms with van der Waals surface area (Å²) in [7, 11) is 0. The molecule has 0 bridgehead atoms. The zero-order valence-electron chi connectivity index (χ0n) is 13.1. The number of nitrogens with zero attached hydrogens (tertiary/aromatic N) is 3. The Bertz CT molecular complexity index is 659. The number of aromatic amines is 1. The first kappa shape index (κ1) is 14.8. The van der Waals surface area contributed by atoms with Crippen molar-refractivity contribution in [3.05, 3.63) is 18.1 Å². The number of esters is 1. The monoisotopic (exact) mass is 302 g/mol. The van der Waals surface area contributed by atoms with E-state index in [1.54, 1.807) is 6.33 Å². The largest absolute Gasteiger partial charge is 0.466 e. The summed E-state index contributed by atoms with van der Waals surface area (Å²) in [6.45, 7) is 6.08. The van der Waals surface area contributed by atoms with Crippen LogP contribution in [0.2, 0.25) is 0 Å². The summed E-state index contributed by atoms with van der Waals surface area (Å²) in [5, 5.41) is 1.11. The number of carbonyl (C=O) groups is 1. The third-order valence-corrected chi connectivity index (χ3v) is 4.33. The summed E-state index contributed by atoms with van der Waals surface area (Å²) < 4.78 is 5.13. The van der Waals surface area contributed by atoms with Gasteiger partial charge in [0.2, 0.25) is 0 Å². The fraction of sp³-hybridized carbons (Fsp3) is 0.562. The van der Waals surface area contributed by atoms with Crippen molar-refractivity contribution in [1.29, 1.82) is 0 Å². The van der Waals surface area contributed by atoms with Gasteiger partial charge in [-0.1, -0.05) is 6.92 Å². The number of rotatable bonds is 4. The highest BCUT2D eigenvalue weighted by Gasteiger charge is 2.27. The van der Waals surface area contributed by atoms with Gasteiger partial charge in [-0.3, -0.25) is 4.79 Å². The van der Waals surface area contributed by atoms with E-state index in [1.807, 2.05) is 13.1 Å². The number of hydrogen-bond donors (Lipinski definition) is 1. The summed E-state index contributed by atoms with van der Waals surface area (Å²) in [6.07, 6.45) is 6.19. The van der Waals surface area contributed by atoms with Crippen molar-refractivity contribution >= 4 is 22.8 Å². The molecule has 0 saturated carbocycles. The average molecular weight is 302 g/mol. The third-order valence-electron chi connectivity index (χ3n) is 4.33.